The van der Waals surface area contributed by atoms with E-state index in [0.717, 1.165) is 0 Å². The van der Waals surface area contributed by atoms with Crippen LogP contribution in [0.3, 0.4) is 0 Å². The van der Waals surface area contributed by atoms with Crippen molar-refractivity contribution >= 4 is 29.8 Å². The smallest absolute Gasteiger partial charge is 0.340 e. The fourth-order valence-electron chi connectivity index (χ4n) is 8.58. The number of phenolic OH excluding ortho intramolecular Hbond substituents is 15. The lowest BCUT2D eigenvalue weighted by Crippen LogP contribution is -2.53. The Balaban J connectivity index is 1.43. The topological polar surface area (TPSA) is 455 Å². The van der Waals surface area contributed by atoms with E-state index in [-0.39, 0.29) is 0 Å². The Hall–Kier alpha value is -9.59. The summed E-state index contributed by atoms with van der Waals surface area (Å²) in [6.07, 6.45) is -13.6. The largest absolute Gasteiger partial charge is 0.504 e. The average molecular weight is 949 g/mol. The Morgan fingerprint density at radius 3 is 1.22 bits per heavy atom. The number of hydrogen-bond acceptors (Lipinski definition) is 26. The van der Waals surface area contributed by atoms with Crippen molar-refractivity contribution < 1.29 is 129 Å². The van der Waals surface area contributed by atoms with Gasteiger partial charge in [-0.3, -0.25) is 0 Å². The summed E-state index contributed by atoms with van der Waals surface area (Å²) in [7, 11) is 0. The van der Waals surface area contributed by atoms with Gasteiger partial charge in [0, 0.05) is 45.4 Å². The molecule has 4 aliphatic heterocycles. The first kappa shape index (κ1) is 43.7. The molecule has 5 atom stereocenters. The van der Waals surface area contributed by atoms with Gasteiger partial charge in [0.05, 0.1) is 33.9 Å². The van der Waals surface area contributed by atoms with Gasteiger partial charge in [-0.25, -0.2) is 24.0 Å². The van der Waals surface area contributed by atoms with Crippen molar-refractivity contribution in [1.29, 1.82) is 0 Å². The Kier molecular flexibility index (Phi) is 9.45. The molecule has 26 heteroatoms. The number of ether oxygens (including phenoxy) is 5. The fraction of sp³-hybridized carbons (Fsp3) is 0.167. The van der Waals surface area contributed by atoms with Crippen molar-refractivity contribution in [2.45, 2.75) is 36.9 Å². The Bertz CT molecular complexity index is 3210. The molecule has 68 heavy (non-hydrogen) atoms. The molecule has 0 radical (unpaired) electrons. The van der Waals surface area contributed by atoms with E-state index in [1.807, 2.05) is 0 Å². The van der Waals surface area contributed by atoms with Gasteiger partial charge >= 0.3 is 29.8 Å². The molecule has 26 nitrogen and oxygen atoms in total. The summed E-state index contributed by atoms with van der Waals surface area (Å²) in [5.74, 6) is -31.8. The van der Waals surface area contributed by atoms with Crippen LogP contribution in [-0.4, -0.2) is 143 Å². The molecule has 0 aliphatic carbocycles. The van der Waals surface area contributed by atoms with Gasteiger partial charge in [0.2, 0.25) is 28.7 Å². The normalized spacial score (nSPS) is 20.6. The van der Waals surface area contributed by atoms with Crippen molar-refractivity contribution in [2.75, 3.05) is 6.61 Å². The van der Waals surface area contributed by atoms with Gasteiger partial charge in [0.1, 0.15) is 12.7 Å². The molecule has 0 saturated carbocycles. The van der Waals surface area contributed by atoms with Gasteiger partial charge in [0.15, 0.2) is 75.8 Å². The molecule has 0 amide bonds. The number of fused-ring (bicyclic) bond motifs is 13. The number of aliphatic hydroxyl groups is 1. The zero-order valence-corrected chi connectivity index (χ0v) is 33.3. The molecule has 0 fully saturated rings. The Morgan fingerprint density at radius 2 is 0.706 bits per heavy atom. The third kappa shape index (κ3) is 5.89. The molecule has 352 valence electrons. The number of carbonyl (C=O) groups is 5. The predicted molar refractivity (Wildman–Crippen MR) is 211 cm³/mol. The van der Waals surface area contributed by atoms with Crippen LogP contribution in [0.2, 0.25) is 0 Å². The summed E-state index contributed by atoms with van der Waals surface area (Å²) in [4.78, 5) is 72.8. The van der Waals surface area contributed by atoms with E-state index in [4.69, 9.17) is 23.7 Å². The van der Waals surface area contributed by atoms with Gasteiger partial charge in [-0.05, 0) is 18.2 Å². The molecule has 4 bridgehead atoms. The third-order valence-electron chi connectivity index (χ3n) is 11.7. The van der Waals surface area contributed by atoms with E-state index in [9.17, 15) is 101 Å². The highest BCUT2D eigenvalue weighted by molar-refractivity contribution is 6.16. The zero-order chi connectivity index (χ0) is 49.4. The molecular formula is C42H28O26. The van der Waals surface area contributed by atoms with Crippen LogP contribution in [0.25, 0.3) is 33.4 Å². The molecule has 9 rings (SSSR count). The van der Waals surface area contributed by atoms with Gasteiger partial charge in [-0.2, -0.15) is 0 Å². The molecule has 0 saturated heterocycles. The number of aliphatic hydroxyl groups excluding tert-OH is 1. The van der Waals surface area contributed by atoms with Crippen LogP contribution < -0.4 is 0 Å². The summed E-state index contributed by atoms with van der Waals surface area (Å²) < 4.78 is 28.2. The molecule has 5 aromatic rings. The van der Waals surface area contributed by atoms with Crippen LogP contribution in [-0.2, 0) is 23.7 Å². The molecular weight excluding hydrogens is 920 g/mol. The fourth-order valence-corrected chi connectivity index (χ4v) is 8.58. The molecule has 0 spiro atoms. The first-order chi connectivity index (χ1) is 32.0. The van der Waals surface area contributed by atoms with Crippen molar-refractivity contribution in [3.8, 4) is 120 Å². The van der Waals surface area contributed by atoms with E-state index in [2.05, 4.69) is 0 Å². The molecule has 16 N–H and O–H groups in total. The van der Waals surface area contributed by atoms with Crippen molar-refractivity contribution in [2.24, 2.45) is 0 Å². The summed E-state index contributed by atoms with van der Waals surface area (Å²) in [5.41, 5.74) is -14.7. The minimum Gasteiger partial charge on any atom is -0.504 e. The second kappa shape index (κ2) is 14.7. The maximum Gasteiger partial charge on any atom is 0.340 e. The quantitative estimate of drug-likeness (QED) is 0.0597. The van der Waals surface area contributed by atoms with Crippen LogP contribution in [0.1, 0.15) is 69.9 Å². The third-order valence-corrected chi connectivity index (χ3v) is 11.7. The number of aromatic hydroxyl groups is 15. The van der Waals surface area contributed by atoms with Crippen molar-refractivity contribution in [1.82, 2.24) is 0 Å². The summed E-state index contributed by atoms with van der Waals surface area (Å²) in [5, 5.41) is 177. The van der Waals surface area contributed by atoms with Crippen LogP contribution in [0.15, 0.2) is 18.2 Å². The monoisotopic (exact) mass is 948 g/mol. The van der Waals surface area contributed by atoms with E-state index in [1.165, 1.54) is 0 Å². The van der Waals surface area contributed by atoms with Crippen LogP contribution in [0, 0.1) is 0 Å². The van der Waals surface area contributed by atoms with Crippen molar-refractivity contribution in [3.63, 3.8) is 0 Å². The minimum atomic E-state index is -2.68. The predicted octanol–water partition coefficient (Wildman–Crippen LogP) is 1.71. The number of hydrogen-bond donors (Lipinski definition) is 16. The van der Waals surface area contributed by atoms with E-state index >= 15 is 4.79 Å². The maximum atomic E-state index is 15.1. The number of carbonyl (C=O) groups excluding carboxylic acids is 5. The van der Waals surface area contributed by atoms with E-state index in [1.54, 1.807) is 0 Å². The summed E-state index contributed by atoms with van der Waals surface area (Å²) in [6, 6.07) is 1.12. The molecule has 5 aromatic carbocycles. The highest BCUT2D eigenvalue weighted by atomic mass is 16.6. The van der Waals surface area contributed by atoms with Crippen LogP contribution in [0.5, 0.6) is 86.2 Å². The minimum absolute atomic E-state index is 0.335. The Morgan fingerprint density at radius 1 is 0.353 bits per heavy atom. The lowest BCUT2D eigenvalue weighted by atomic mass is 9.83. The van der Waals surface area contributed by atoms with E-state index in [0.29, 0.717) is 18.2 Å². The number of phenols is 15. The zero-order valence-electron chi connectivity index (χ0n) is 33.3. The molecule has 0 aromatic heterocycles. The maximum absolute atomic E-state index is 15.1. The first-order valence-electron chi connectivity index (χ1n) is 19.1. The van der Waals surface area contributed by atoms with Gasteiger partial charge in [0.25, 0.3) is 0 Å². The van der Waals surface area contributed by atoms with Gasteiger partial charge in [-0.1, -0.05) is 0 Å². The number of rotatable bonds is 0. The highest BCUT2D eigenvalue weighted by Crippen LogP contribution is 2.61. The average Bonchev–Trinajstić information content (AvgIpc) is 3.43. The molecule has 4 heterocycles. The second-order valence-corrected chi connectivity index (χ2v) is 15.4. The molecule has 4 unspecified atom stereocenters. The standard InChI is InChI=1S/C42H28O26/c43-9-4-13-36-37-14(5-64-38(59)6-1-10(44)24(47)27(50)15(6)16-7(40(61)67-37)2-11(45)25(48)28(16)51)66-39(60)8-3-12(46)26(49)29(52)17(8)19-23(42(63)68-36)21(33(56)35(58)31(19)54)20-22(41(62)65-13)18(9)30(53)34(57)32(20)55/h1-3,9,13-14,36-37,43-58H,4-5H2/t9-,13?,14?,36?,37?/m0/s1. The Labute approximate surface area is 373 Å². The van der Waals surface area contributed by atoms with Crippen LogP contribution >= 0.6 is 0 Å². The van der Waals surface area contributed by atoms with Gasteiger partial charge < -0.3 is 105 Å². The number of cyclic esters (lactones) is 1. The first-order valence-corrected chi connectivity index (χ1v) is 19.1. The molecule has 4 aliphatic rings. The van der Waals surface area contributed by atoms with Gasteiger partial charge in [-0.15, -0.1) is 0 Å². The summed E-state index contributed by atoms with van der Waals surface area (Å²) >= 11 is 0. The number of esters is 5. The number of benzene rings is 5. The van der Waals surface area contributed by atoms with Crippen molar-refractivity contribution in [3.05, 3.63) is 51.6 Å². The second-order valence-electron chi connectivity index (χ2n) is 15.4. The highest BCUT2D eigenvalue weighted by Gasteiger charge is 2.52. The summed E-state index contributed by atoms with van der Waals surface area (Å²) in [6.45, 7) is -1.47. The van der Waals surface area contributed by atoms with Crippen LogP contribution in [0.4, 0.5) is 0 Å². The SMILES string of the molecule is O=C1OCC2OC(=O)c3cc(O)c(O)c(O)c3-c3c(O)c(O)c(O)c4c3C(=O)OC(C3C[C@H](O)c5c(O)c(O)c(O)c-4c5C(=O)O3)C2OC(=O)c2cc(O)c(O)c(O)c2-c2c1cc(O)c(O)c2O. The lowest BCUT2D eigenvalue weighted by Gasteiger charge is -2.36. The van der Waals surface area contributed by atoms with E-state index < -0.39 is 226 Å². The lowest BCUT2D eigenvalue weighted by molar-refractivity contribution is -0.135.